The summed E-state index contributed by atoms with van der Waals surface area (Å²) in [5.74, 6) is 0.185. The van der Waals surface area contributed by atoms with E-state index in [4.69, 9.17) is 0 Å². The Balaban J connectivity index is 2.01. The summed E-state index contributed by atoms with van der Waals surface area (Å²) in [4.78, 5) is 22.6. The topological polar surface area (TPSA) is 76.9 Å². The van der Waals surface area contributed by atoms with Crippen LogP contribution in [0, 0.1) is 0 Å². The van der Waals surface area contributed by atoms with Crippen LogP contribution in [-0.2, 0) is 4.79 Å². The van der Waals surface area contributed by atoms with Crippen molar-refractivity contribution < 1.29 is 9.59 Å². The number of aromatic nitrogens is 3. The molecule has 0 saturated heterocycles. The molecular formula is C17H20N4O2. The molecule has 0 aliphatic heterocycles. The molecule has 1 aliphatic carbocycles. The molecule has 0 spiro atoms. The summed E-state index contributed by atoms with van der Waals surface area (Å²) >= 11 is 0. The van der Waals surface area contributed by atoms with Gasteiger partial charge in [-0.2, -0.15) is 0 Å². The van der Waals surface area contributed by atoms with Crippen LogP contribution in [0.1, 0.15) is 61.1 Å². The highest BCUT2D eigenvalue weighted by atomic mass is 16.1. The number of nitrogens with one attached hydrogen (secondary N) is 1. The number of nitrogens with zero attached hydrogens (tertiary/aromatic N) is 3. The van der Waals surface area contributed by atoms with Crippen molar-refractivity contribution in [3.05, 3.63) is 35.7 Å². The van der Waals surface area contributed by atoms with E-state index in [-0.39, 0.29) is 5.91 Å². The van der Waals surface area contributed by atoms with Crippen molar-refractivity contribution >= 4 is 17.9 Å². The van der Waals surface area contributed by atoms with Gasteiger partial charge in [0.05, 0.1) is 11.4 Å². The molecule has 1 aromatic carbocycles. The van der Waals surface area contributed by atoms with Crippen LogP contribution in [0.3, 0.4) is 0 Å². The van der Waals surface area contributed by atoms with Crippen LogP contribution in [-0.4, -0.2) is 27.2 Å². The molecule has 6 heteroatoms. The molecule has 1 fully saturated rings. The minimum Gasteiger partial charge on any atom is -0.326 e. The molecule has 1 heterocycles. The molecule has 0 radical (unpaired) electrons. The lowest BCUT2D eigenvalue weighted by Gasteiger charge is -2.22. The highest BCUT2D eigenvalue weighted by molar-refractivity contribution is 5.88. The molecule has 1 aromatic heterocycles. The van der Waals surface area contributed by atoms with Gasteiger partial charge in [0.15, 0.2) is 6.29 Å². The van der Waals surface area contributed by atoms with E-state index in [9.17, 15) is 9.59 Å². The molecule has 1 N–H and O–H groups in total. The van der Waals surface area contributed by atoms with Crippen molar-refractivity contribution in [3.8, 4) is 5.69 Å². The zero-order chi connectivity index (χ0) is 16.2. The maximum absolute atomic E-state index is 11.4. The Bertz CT molecular complexity index is 717. The van der Waals surface area contributed by atoms with E-state index in [0.29, 0.717) is 17.3 Å². The Morgan fingerprint density at radius 1 is 1.30 bits per heavy atom. The monoisotopic (exact) mass is 312 g/mol. The highest BCUT2D eigenvalue weighted by Crippen LogP contribution is 2.34. The third-order valence-electron chi connectivity index (χ3n) is 4.25. The smallest absolute Gasteiger partial charge is 0.221 e. The number of rotatable bonds is 4. The summed E-state index contributed by atoms with van der Waals surface area (Å²) < 4.78 is 1.74. The van der Waals surface area contributed by atoms with Gasteiger partial charge in [0.25, 0.3) is 0 Å². The van der Waals surface area contributed by atoms with Crippen molar-refractivity contribution in [3.63, 3.8) is 0 Å². The van der Waals surface area contributed by atoms with Gasteiger partial charge in [-0.05, 0) is 31.0 Å². The molecule has 0 unspecified atom stereocenters. The molecule has 0 bridgehead atoms. The van der Waals surface area contributed by atoms with E-state index in [1.54, 1.807) is 4.68 Å². The Kier molecular flexibility index (Phi) is 4.50. The normalized spacial score (nSPS) is 15.3. The maximum atomic E-state index is 11.4. The van der Waals surface area contributed by atoms with Crippen molar-refractivity contribution in [2.75, 3.05) is 5.32 Å². The molecule has 1 aliphatic rings. The number of benzene rings is 1. The third-order valence-corrected chi connectivity index (χ3v) is 4.25. The number of carbonyl (C=O) groups excluding carboxylic acids is 2. The standard InChI is InChI=1S/C17H20N4O2/c1-12(23)18-14-8-5-9-15(10-14)21-17(16(11-22)19-20-21)13-6-3-2-4-7-13/h5,8-11,13H,2-4,6-7H2,1H3,(H,18,23). The fraction of sp³-hybridized carbons (Fsp3) is 0.412. The second kappa shape index (κ2) is 6.73. The lowest BCUT2D eigenvalue weighted by Crippen LogP contribution is -2.13. The molecular weight excluding hydrogens is 292 g/mol. The van der Waals surface area contributed by atoms with Crippen LogP contribution in [0.5, 0.6) is 0 Å². The van der Waals surface area contributed by atoms with E-state index < -0.39 is 0 Å². The molecule has 3 rings (SSSR count). The molecule has 120 valence electrons. The lowest BCUT2D eigenvalue weighted by atomic mass is 9.86. The van der Waals surface area contributed by atoms with E-state index in [1.807, 2.05) is 24.3 Å². The van der Waals surface area contributed by atoms with Crippen LogP contribution in [0.4, 0.5) is 5.69 Å². The SMILES string of the molecule is CC(=O)Nc1cccc(-n2nnc(C=O)c2C2CCCCC2)c1. The average Bonchev–Trinajstić information content (AvgIpc) is 2.99. The number of anilines is 1. The largest absolute Gasteiger partial charge is 0.326 e. The van der Waals surface area contributed by atoms with Gasteiger partial charge in [-0.25, -0.2) is 4.68 Å². The van der Waals surface area contributed by atoms with E-state index in [0.717, 1.165) is 30.5 Å². The summed E-state index contributed by atoms with van der Waals surface area (Å²) in [7, 11) is 0. The maximum Gasteiger partial charge on any atom is 0.221 e. The van der Waals surface area contributed by atoms with Crippen LogP contribution >= 0.6 is 0 Å². The Morgan fingerprint density at radius 2 is 2.09 bits per heavy atom. The average molecular weight is 312 g/mol. The fourth-order valence-electron chi connectivity index (χ4n) is 3.25. The zero-order valence-electron chi connectivity index (χ0n) is 13.2. The second-order valence-corrected chi connectivity index (χ2v) is 5.96. The molecule has 23 heavy (non-hydrogen) atoms. The van der Waals surface area contributed by atoms with Crippen LogP contribution < -0.4 is 5.32 Å². The first kappa shape index (κ1) is 15.4. The van der Waals surface area contributed by atoms with Crippen molar-refractivity contribution in [2.45, 2.75) is 44.9 Å². The first-order valence-electron chi connectivity index (χ1n) is 7.98. The number of hydrogen-bond donors (Lipinski definition) is 1. The fourth-order valence-corrected chi connectivity index (χ4v) is 3.25. The van der Waals surface area contributed by atoms with Crippen LogP contribution in [0.25, 0.3) is 5.69 Å². The van der Waals surface area contributed by atoms with Gasteiger partial charge < -0.3 is 5.32 Å². The van der Waals surface area contributed by atoms with E-state index in [2.05, 4.69) is 15.6 Å². The van der Waals surface area contributed by atoms with Crippen molar-refractivity contribution in [1.29, 1.82) is 0 Å². The third kappa shape index (κ3) is 3.31. The molecule has 1 saturated carbocycles. The number of hydrogen-bond acceptors (Lipinski definition) is 4. The quantitative estimate of drug-likeness (QED) is 0.880. The van der Waals surface area contributed by atoms with E-state index in [1.165, 1.54) is 26.2 Å². The van der Waals surface area contributed by atoms with Crippen LogP contribution in [0.15, 0.2) is 24.3 Å². The minimum atomic E-state index is -0.123. The van der Waals surface area contributed by atoms with Crippen molar-refractivity contribution in [1.82, 2.24) is 15.0 Å². The Labute approximate surface area is 134 Å². The second-order valence-electron chi connectivity index (χ2n) is 5.96. The molecule has 2 aromatic rings. The summed E-state index contributed by atoms with van der Waals surface area (Å²) in [5.41, 5.74) is 2.81. The summed E-state index contributed by atoms with van der Waals surface area (Å²) in [6.45, 7) is 1.47. The Morgan fingerprint density at radius 3 is 2.78 bits per heavy atom. The number of amides is 1. The number of aldehydes is 1. The van der Waals surface area contributed by atoms with Gasteiger partial charge in [0.2, 0.25) is 5.91 Å². The van der Waals surface area contributed by atoms with Crippen LogP contribution in [0.2, 0.25) is 0 Å². The highest BCUT2D eigenvalue weighted by Gasteiger charge is 2.25. The Hall–Kier alpha value is -2.50. The number of carbonyl (C=O) groups is 2. The first-order chi connectivity index (χ1) is 11.2. The van der Waals surface area contributed by atoms with Crippen molar-refractivity contribution in [2.24, 2.45) is 0 Å². The zero-order valence-corrected chi connectivity index (χ0v) is 13.2. The summed E-state index contributed by atoms with van der Waals surface area (Å²) in [5, 5.41) is 11.0. The van der Waals surface area contributed by atoms with Gasteiger partial charge in [-0.15, -0.1) is 5.10 Å². The van der Waals surface area contributed by atoms with E-state index >= 15 is 0 Å². The van der Waals surface area contributed by atoms with Gasteiger partial charge in [-0.1, -0.05) is 30.5 Å². The lowest BCUT2D eigenvalue weighted by molar-refractivity contribution is -0.114. The molecule has 1 amide bonds. The van der Waals surface area contributed by atoms with Gasteiger partial charge in [-0.3, -0.25) is 9.59 Å². The summed E-state index contributed by atoms with van der Waals surface area (Å²) in [6, 6.07) is 7.42. The molecule has 6 nitrogen and oxygen atoms in total. The summed E-state index contributed by atoms with van der Waals surface area (Å²) in [6.07, 6.45) is 6.47. The predicted molar refractivity (Wildman–Crippen MR) is 86.9 cm³/mol. The predicted octanol–water partition coefficient (Wildman–Crippen LogP) is 3.09. The van der Waals surface area contributed by atoms with Gasteiger partial charge >= 0.3 is 0 Å². The molecule has 0 atom stereocenters. The first-order valence-corrected chi connectivity index (χ1v) is 7.98. The minimum absolute atomic E-state index is 0.123. The van der Waals surface area contributed by atoms with Gasteiger partial charge in [0, 0.05) is 18.5 Å². The van der Waals surface area contributed by atoms with Gasteiger partial charge in [0.1, 0.15) is 5.69 Å².